The van der Waals surface area contributed by atoms with Crippen LogP contribution in [0.4, 0.5) is 0 Å². The highest BCUT2D eigenvalue weighted by Crippen LogP contribution is 2.43. The Morgan fingerprint density at radius 1 is 0.492 bits per heavy atom. The Morgan fingerprint density at radius 3 is 1.31 bits per heavy atom. The summed E-state index contributed by atoms with van der Waals surface area (Å²) in [6.45, 7) is 4.30. The molecule has 0 fully saturated rings. The van der Waals surface area contributed by atoms with Crippen LogP contribution >= 0.6 is 7.82 Å². The van der Waals surface area contributed by atoms with Crippen LogP contribution in [0.3, 0.4) is 0 Å². The van der Waals surface area contributed by atoms with Gasteiger partial charge in [0.25, 0.3) is 0 Å². The number of hydrogen-bond donors (Lipinski definition) is 1. The number of hydrogen-bond acceptors (Lipinski definition) is 7. The first-order valence-electron chi connectivity index (χ1n) is 26.5. The lowest BCUT2D eigenvalue weighted by atomic mass is 10.0. The van der Waals surface area contributed by atoms with E-state index in [0.29, 0.717) is 17.4 Å². The van der Waals surface area contributed by atoms with Gasteiger partial charge in [-0.05, 0) is 57.8 Å². The molecule has 9 nitrogen and oxygen atoms in total. The average Bonchev–Trinajstić information content (AvgIpc) is 3.26. The molecule has 0 amide bonds. The van der Waals surface area contributed by atoms with E-state index in [9.17, 15) is 19.0 Å². The maximum absolute atomic E-state index is 12.8. The van der Waals surface area contributed by atoms with E-state index < -0.39 is 26.5 Å². The minimum absolute atomic E-state index is 0.0237. The Bertz CT molecular complexity index is 1290. The molecule has 0 aromatic rings. The molecule has 0 heterocycles. The normalized spacial score (nSPS) is 13.9. The van der Waals surface area contributed by atoms with Crippen molar-refractivity contribution in [3.8, 4) is 0 Å². The number of ether oxygens (including phenoxy) is 2. The number of carbonyl (C=O) groups is 2. The molecule has 0 radical (unpaired) electrons. The Morgan fingerprint density at radius 2 is 0.877 bits per heavy atom. The third-order valence-corrected chi connectivity index (χ3v) is 12.3. The first kappa shape index (κ1) is 62.7. The maximum Gasteiger partial charge on any atom is 0.472 e. The number of esters is 2. The third kappa shape index (κ3) is 51.0. The lowest BCUT2D eigenvalue weighted by molar-refractivity contribution is -0.870. The number of rotatable bonds is 48. The highest BCUT2D eigenvalue weighted by atomic mass is 31.2. The molecule has 0 aliphatic carbocycles. The van der Waals surface area contributed by atoms with Gasteiger partial charge in [-0.3, -0.25) is 18.6 Å². The van der Waals surface area contributed by atoms with E-state index in [1.165, 1.54) is 122 Å². The van der Waals surface area contributed by atoms with Crippen LogP contribution in [0.25, 0.3) is 0 Å². The molecule has 65 heavy (non-hydrogen) atoms. The summed E-state index contributed by atoms with van der Waals surface area (Å²) in [7, 11) is 1.45. The summed E-state index contributed by atoms with van der Waals surface area (Å²) in [5.74, 6) is -0.830. The first-order valence-corrected chi connectivity index (χ1v) is 28.0. The Hall–Kier alpha value is -2.29. The van der Waals surface area contributed by atoms with Gasteiger partial charge in [0, 0.05) is 12.8 Å². The van der Waals surface area contributed by atoms with Crippen LogP contribution in [0.1, 0.15) is 226 Å². The summed E-state index contributed by atoms with van der Waals surface area (Å²) in [6.07, 6.45) is 58.5. The number of unbranched alkanes of at least 4 members (excludes halogenated alkanes) is 24. The lowest BCUT2D eigenvalue weighted by Gasteiger charge is -2.24. The molecule has 10 heteroatoms. The van der Waals surface area contributed by atoms with Crippen molar-refractivity contribution in [3.63, 3.8) is 0 Å². The Labute approximate surface area is 400 Å². The zero-order valence-electron chi connectivity index (χ0n) is 42.7. The number of quaternary nitrogens is 1. The van der Waals surface area contributed by atoms with Crippen molar-refractivity contribution in [2.45, 2.75) is 232 Å². The van der Waals surface area contributed by atoms with Crippen LogP contribution in [-0.4, -0.2) is 74.9 Å². The molecule has 0 rings (SSSR count). The summed E-state index contributed by atoms with van der Waals surface area (Å²) >= 11 is 0. The second-order valence-electron chi connectivity index (χ2n) is 18.9. The van der Waals surface area contributed by atoms with E-state index in [1.807, 2.05) is 21.1 Å². The van der Waals surface area contributed by atoms with Gasteiger partial charge in [0.1, 0.15) is 19.8 Å². The second-order valence-corrected chi connectivity index (χ2v) is 20.3. The van der Waals surface area contributed by atoms with Crippen molar-refractivity contribution in [2.24, 2.45) is 0 Å². The molecule has 0 saturated carbocycles. The quantitative estimate of drug-likeness (QED) is 0.0211. The van der Waals surface area contributed by atoms with E-state index in [-0.39, 0.29) is 32.0 Å². The fourth-order valence-electron chi connectivity index (χ4n) is 7.22. The SMILES string of the molecule is CC/C=C\C/C=C\C/C=C\C/C=C\C/C=C\CCCCCC(=O)OC(COC(=O)CCCCCCCCCCCCCCCCCCCCCCCC)COP(=O)(O)OCC[N+](C)(C)C. The lowest BCUT2D eigenvalue weighted by Crippen LogP contribution is -2.37. The zero-order valence-corrected chi connectivity index (χ0v) is 43.6. The molecule has 0 aliphatic rings. The molecular formula is C55H101NO8P+. The van der Waals surface area contributed by atoms with Crippen LogP contribution in [0.15, 0.2) is 60.8 Å². The number of phosphoric acid groups is 1. The average molecular weight is 935 g/mol. The molecule has 378 valence electrons. The van der Waals surface area contributed by atoms with Gasteiger partial charge in [-0.1, -0.05) is 216 Å². The van der Waals surface area contributed by atoms with E-state index in [2.05, 4.69) is 74.6 Å². The van der Waals surface area contributed by atoms with Crippen LogP contribution < -0.4 is 0 Å². The van der Waals surface area contributed by atoms with Gasteiger partial charge in [0.15, 0.2) is 6.10 Å². The molecular weight excluding hydrogens is 834 g/mol. The van der Waals surface area contributed by atoms with Gasteiger partial charge < -0.3 is 18.9 Å². The molecule has 0 aromatic carbocycles. The molecule has 0 spiro atoms. The van der Waals surface area contributed by atoms with Gasteiger partial charge in [-0.15, -0.1) is 0 Å². The highest BCUT2D eigenvalue weighted by molar-refractivity contribution is 7.47. The first-order chi connectivity index (χ1) is 31.5. The van der Waals surface area contributed by atoms with Gasteiger partial charge >= 0.3 is 19.8 Å². The van der Waals surface area contributed by atoms with Crippen molar-refractivity contribution in [1.82, 2.24) is 0 Å². The largest absolute Gasteiger partial charge is 0.472 e. The summed E-state index contributed by atoms with van der Waals surface area (Å²) < 4.78 is 34.4. The standard InChI is InChI=1S/C55H100NO8P/c1-6-8-10-12-14-16-18-20-22-24-26-27-28-30-31-33-35-37-39-41-43-45-47-54(57)61-51-53(52-63-65(59,60)62-50-49-56(3,4)5)64-55(58)48-46-44-42-40-38-36-34-32-29-25-23-21-19-17-15-13-11-9-7-2/h9,11,15,17,21,23,29,32,36,38,53H,6-8,10,12-14,16,18-20,22,24-28,30-31,33-35,37,39-52H2,1-5H3/p+1/b11-9-,17-15-,23-21-,32-29-,38-36-. The highest BCUT2D eigenvalue weighted by Gasteiger charge is 2.27. The zero-order chi connectivity index (χ0) is 47.8. The molecule has 2 unspecified atom stereocenters. The number of likely N-dealkylation sites (N-methyl/N-ethyl adjacent to an activating group) is 1. The minimum Gasteiger partial charge on any atom is -0.462 e. The van der Waals surface area contributed by atoms with E-state index in [4.69, 9.17) is 18.5 Å². The van der Waals surface area contributed by atoms with Crippen molar-refractivity contribution >= 4 is 19.8 Å². The van der Waals surface area contributed by atoms with E-state index in [1.54, 1.807) is 0 Å². The van der Waals surface area contributed by atoms with E-state index in [0.717, 1.165) is 70.6 Å². The summed E-state index contributed by atoms with van der Waals surface area (Å²) in [5.41, 5.74) is 0. The topological polar surface area (TPSA) is 108 Å². The third-order valence-electron chi connectivity index (χ3n) is 11.3. The van der Waals surface area contributed by atoms with Crippen LogP contribution in [0.2, 0.25) is 0 Å². The second kappa shape index (κ2) is 46.8. The van der Waals surface area contributed by atoms with Gasteiger partial charge in [-0.25, -0.2) is 4.57 Å². The molecule has 0 aromatic heterocycles. The number of nitrogens with zero attached hydrogens (tertiary/aromatic N) is 1. The number of allylic oxidation sites excluding steroid dienone is 10. The minimum atomic E-state index is -4.39. The van der Waals surface area contributed by atoms with Crippen molar-refractivity contribution < 1.29 is 42.1 Å². The number of carbonyl (C=O) groups excluding carboxylic acids is 2. The van der Waals surface area contributed by atoms with E-state index >= 15 is 0 Å². The van der Waals surface area contributed by atoms with Crippen LogP contribution in [0.5, 0.6) is 0 Å². The molecule has 1 N–H and O–H groups in total. The summed E-state index contributed by atoms with van der Waals surface area (Å²) in [4.78, 5) is 35.6. The Balaban J connectivity index is 4.26. The summed E-state index contributed by atoms with van der Waals surface area (Å²) in [5, 5.41) is 0. The Kier molecular flexibility index (Phi) is 45.2. The fourth-order valence-corrected chi connectivity index (χ4v) is 7.96. The molecule has 0 bridgehead atoms. The predicted octanol–water partition coefficient (Wildman–Crippen LogP) is 16.0. The maximum atomic E-state index is 12.8. The van der Waals surface area contributed by atoms with Crippen LogP contribution in [0, 0.1) is 0 Å². The van der Waals surface area contributed by atoms with Crippen molar-refractivity contribution in [2.75, 3.05) is 47.5 Å². The van der Waals surface area contributed by atoms with Gasteiger partial charge in [-0.2, -0.15) is 0 Å². The molecule has 0 aliphatic heterocycles. The molecule has 0 saturated heterocycles. The van der Waals surface area contributed by atoms with Gasteiger partial charge in [0.05, 0.1) is 27.7 Å². The van der Waals surface area contributed by atoms with Crippen molar-refractivity contribution in [3.05, 3.63) is 60.8 Å². The van der Waals surface area contributed by atoms with Gasteiger partial charge in [0.2, 0.25) is 0 Å². The predicted molar refractivity (Wildman–Crippen MR) is 275 cm³/mol. The van der Waals surface area contributed by atoms with Crippen molar-refractivity contribution in [1.29, 1.82) is 0 Å². The van der Waals surface area contributed by atoms with Crippen LogP contribution in [-0.2, 0) is 32.7 Å². The fraction of sp³-hybridized carbons (Fsp3) is 0.782. The summed E-state index contributed by atoms with van der Waals surface area (Å²) in [6, 6.07) is 0. The molecule has 2 atom stereocenters. The smallest absolute Gasteiger partial charge is 0.462 e. The number of phosphoric ester groups is 1. The monoisotopic (exact) mass is 935 g/mol.